The van der Waals surface area contributed by atoms with Gasteiger partial charge >= 0.3 is 6.09 Å². The molecule has 2 bridgehead atoms. The van der Waals surface area contributed by atoms with Crippen molar-refractivity contribution in [2.75, 3.05) is 24.3 Å². The number of methoxy groups -OCH3 is 1. The molecule has 3 amide bonds. The maximum absolute atomic E-state index is 15.8. The molecule has 4 aliphatic rings. The first-order chi connectivity index (χ1) is 22.2. The number of pyridine rings is 1. The van der Waals surface area contributed by atoms with Crippen molar-refractivity contribution in [3.8, 4) is 11.1 Å². The average molecular weight is 647 g/mol. The van der Waals surface area contributed by atoms with Crippen molar-refractivity contribution < 1.29 is 23.5 Å². The molecule has 46 heavy (non-hydrogen) atoms. The highest BCUT2D eigenvalue weighted by Crippen LogP contribution is 2.55. The zero-order valence-corrected chi connectivity index (χ0v) is 27.2. The molecule has 1 aromatic heterocycles. The Morgan fingerprint density at radius 3 is 2.78 bits per heavy atom. The number of ether oxygens (including phenoxy) is 1. The Labute approximate surface area is 274 Å². The third-order valence-electron chi connectivity index (χ3n) is 9.95. The zero-order valence-electron chi connectivity index (χ0n) is 26.4. The number of carbonyl (C=O) groups is 3. The van der Waals surface area contributed by atoms with E-state index < -0.39 is 6.09 Å². The number of aromatic nitrogens is 1. The maximum Gasteiger partial charge on any atom is 0.411 e. The van der Waals surface area contributed by atoms with Crippen LogP contribution in [-0.4, -0.2) is 41.4 Å². The van der Waals surface area contributed by atoms with Gasteiger partial charge in [0.05, 0.1) is 29.6 Å². The van der Waals surface area contributed by atoms with Crippen molar-refractivity contribution in [1.82, 2.24) is 9.88 Å². The number of hydrogen-bond acceptors (Lipinski definition) is 5. The first-order valence-electron chi connectivity index (χ1n) is 16.1. The van der Waals surface area contributed by atoms with Gasteiger partial charge in [-0.2, -0.15) is 0 Å². The first-order valence-corrected chi connectivity index (χ1v) is 16.5. The molecule has 2 N–H and O–H groups in total. The van der Waals surface area contributed by atoms with Gasteiger partial charge in [-0.25, -0.2) is 9.18 Å². The lowest BCUT2D eigenvalue weighted by Gasteiger charge is -2.33. The molecule has 2 fully saturated rings. The summed E-state index contributed by atoms with van der Waals surface area (Å²) in [6.45, 7) is 4.37. The van der Waals surface area contributed by atoms with E-state index in [1.54, 1.807) is 24.4 Å². The van der Waals surface area contributed by atoms with Crippen LogP contribution in [0.5, 0.6) is 0 Å². The molecule has 0 radical (unpaired) electrons. The summed E-state index contributed by atoms with van der Waals surface area (Å²) in [5, 5.41) is 5.85. The lowest BCUT2D eigenvalue weighted by Crippen LogP contribution is -2.37. The predicted octanol–water partition coefficient (Wildman–Crippen LogP) is 8.30. The number of amides is 3. The van der Waals surface area contributed by atoms with E-state index in [-0.39, 0.29) is 52.4 Å². The minimum absolute atomic E-state index is 0.0758. The number of nitrogens with zero attached hydrogens (tertiary/aromatic N) is 2. The summed E-state index contributed by atoms with van der Waals surface area (Å²) in [5.41, 5.74) is 5.12. The SMILES string of the molecule is COC(=O)Nc1ccc2c(c1)NC(=O)C(C)CCCC(N1CCC(C3=C(C)CCC=CC(Cl)=C3F)C3CC3C1=O)c1cc-2ccn1. The molecule has 3 heterocycles. The van der Waals surface area contributed by atoms with Crippen LogP contribution in [0.2, 0.25) is 0 Å². The second kappa shape index (κ2) is 13.4. The second-order valence-corrected chi connectivity index (χ2v) is 13.3. The van der Waals surface area contributed by atoms with Gasteiger partial charge in [-0.15, -0.1) is 0 Å². The summed E-state index contributed by atoms with van der Waals surface area (Å²) in [6, 6.07) is 8.89. The Kier molecular flexibility index (Phi) is 9.32. The molecule has 10 heteroatoms. The number of likely N-dealkylation sites (tertiary alicyclic amines) is 1. The Balaban J connectivity index is 1.35. The number of hydrogen-bond donors (Lipinski definition) is 2. The topological polar surface area (TPSA) is 101 Å². The zero-order chi connectivity index (χ0) is 32.5. The van der Waals surface area contributed by atoms with Crippen LogP contribution >= 0.6 is 11.6 Å². The number of carbonyl (C=O) groups excluding carboxylic acids is 3. The van der Waals surface area contributed by atoms with Crippen molar-refractivity contribution in [3.63, 3.8) is 0 Å². The van der Waals surface area contributed by atoms with Crippen LogP contribution in [0, 0.1) is 23.7 Å². The van der Waals surface area contributed by atoms with Crippen LogP contribution in [0.1, 0.15) is 70.5 Å². The Bertz CT molecular complexity index is 1650. The van der Waals surface area contributed by atoms with Crippen molar-refractivity contribution in [3.05, 3.63) is 76.4 Å². The predicted molar refractivity (Wildman–Crippen MR) is 177 cm³/mol. The second-order valence-electron chi connectivity index (χ2n) is 12.9. The molecule has 2 aliphatic carbocycles. The van der Waals surface area contributed by atoms with Crippen LogP contribution in [0.15, 0.2) is 70.7 Å². The molecule has 2 aliphatic heterocycles. The van der Waals surface area contributed by atoms with Gasteiger partial charge in [0.15, 0.2) is 0 Å². The molecule has 1 saturated carbocycles. The van der Waals surface area contributed by atoms with E-state index in [4.69, 9.17) is 21.3 Å². The van der Waals surface area contributed by atoms with E-state index in [1.807, 2.05) is 43.0 Å². The molecule has 2 aromatic rings. The first kappa shape index (κ1) is 32.0. The lowest BCUT2D eigenvalue weighted by atomic mass is 9.84. The number of rotatable bonds is 3. The molecule has 1 saturated heterocycles. The molecule has 6 rings (SSSR count). The Hall–Kier alpha value is -3.98. The quantitative estimate of drug-likeness (QED) is 0.349. The largest absolute Gasteiger partial charge is 0.453 e. The van der Waals surface area contributed by atoms with E-state index in [1.165, 1.54) is 7.11 Å². The number of allylic oxidation sites excluding steroid dienone is 6. The highest BCUT2D eigenvalue weighted by molar-refractivity contribution is 6.31. The van der Waals surface area contributed by atoms with Gasteiger partial charge in [0.2, 0.25) is 11.8 Å². The summed E-state index contributed by atoms with van der Waals surface area (Å²) in [7, 11) is 1.29. The fourth-order valence-electron chi connectivity index (χ4n) is 7.33. The average Bonchev–Trinajstić information content (AvgIpc) is 3.85. The van der Waals surface area contributed by atoms with Gasteiger partial charge in [-0.1, -0.05) is 42.7 Å². The standard InChI is InChI=1S/C36H40ClFN4O4/c1-20-7-4-5-9-28(37)33(38)32(20)25-14-16-42(35(44)27-19-26(25)27)31-10-6-8-21(2)34(43)41-29-18-23(40-36(45)46-3)11-12-24(29)22-13-15-39-30(31)17-22/h5,9,11-13,15,17-18,21,25-27,31H,4,6-8,10,14,16,19H2,1-3H3,(H,40,45)(H,41,43). The van der Waals surface area contributed by atoms with Crippen LogP contribution < -0.4 is 10.6 Å². The van der Waals surface area contributed by atoms with Gasteiger partial charge < -0.3 is 15.0 Å². The molecular formula is C36H40ClFN4O4. The van der Waals surface area contributed by atoms with Gasteiger partial charge in [0, 0.05) is 35.8 Å². The Morgan fingerprint density at radius 1 is 1.15 bits per heavy atom. The molecule has 242 valence electrons. The van der Waals surface area contributed by atoms with E-state index in [2.05, 4.69) is 10.6 Å². The lowest BCUT2D eigenvalue weighted by molar-refractivity contribution is -0.135. The van der Waals surface area contributed by atoms with E-state index >= 15 is 4.39 Å². The minimum atomic E-state index is -0.608. The number of halogens is 2. The smallest absolute Gasteiger partial charge is 0.411 e. The molecular weight excluding hydrogens is 607 g/mol. The molecule has 5 atom stereocenters. The normalized spacial score (nSPS) is 26.8. The molecule has 5 unspecified atom stereocenters. The minimum Gasteiger partial charge on any atom is -0.453 e. The summed E-state index contributed by atoms with van der Waals surface area (Å²) in [4.78, 5) is 46.0. The van der Waals surface area contributed by atoms with Crippen molar-refractivity contribution >= 4 is 40.9 Å². The van der Waals surface area contributed by atoms with E-state index in [0.29, 0.717) is 49.2 Å². The van der Waals surface area contributed by atoms with Crippen LogP contribution in [0.25, 0.3) is 11.1 Å². The van der Waals surface area contributed by atoms with Crippen LogP contribution in [0.4, 0.5) is 20.6 Å². The fraction of sp³-hybridized carbons (Fsp3) is 0.444. The van der Waals surface area contributed by atoms with Crippen molar-refractivity contribution in [2.45, 2.75) is 64.8 Å². The molecule has 8 nitrogen and oxygen atoms in total. The number of nitrogens with one attached hydrogen (secondary N) is 2. The molecule has 1 aromatic carbocycles. The van der Waals surface area contributed by atoms with Crippen LogP contribution in [0.3, 0.4) is 0 Å². The molecule has 0 spiro atoms. The fourth-order valence-corrected chi connectivity index (χ4v) is 7.52. The number of anilines is 2. The van der Waals surface area contributed by atoms with E-state index in [0.717, 1.165) is 41.7 Å². The third kappa shape index (κ3) is 6.47. The third-order valence-corrected chi connectivity index (χ3v) is 10.2. The summed E-state index contributed by atoms with van der Waals surface area (Å²) >= 11 is 6.37. The van der Waals surface area contributed by atoms with Crippen molar-refractivity contribution in [1.29, 1.82) is 0 Å². The summed E-state index contributed by atoms with van der Waals surface area (Å²) in [5.74, 6) is -0.803. The number of benzene rings is 1. The Morgan fingerprint density at radius 2 is 1.98 bits per heavy atom. The summed E-state index contributed by atoms with van der Waals surface area (Å²) < 4.78 is 20.5. The highest BCUT2D eigenvalue weighted by Gasteiger charge is 2.53. The van der Waals surface area contributed by atoms with Crippen LogP contribution in [-0.2, 0) is 14.3 Å². The van der Waals surface area contributed by atoms with Gasteiger partial charge in [0.1, 0.15) is 5.83 Å². The monoisotopic (exact) mass is 646 g/mol. The van der Waals surface area contributed by atoms with Gasteiger partial charge in [-0.3, -0.25) is 19.9 Å². The highest BCUT2D eigenvalue weighted by atomic mass is 35.5. The number of fused-ring (bicyclic) bond motifs is 5. The van der Waals surface area contributed by atoms with Gasteiger partial charge in [0.25, 0.3) is 0 Å². The van der Waals surface area contributed by atoms with Crippen molar-refractivity contribution in [2.24, 2.45) is 23.7 Å². The van der Waals surface area contributed by atoms with E-state index in [9.17, 15) is 14.4 Å². The summed E-state index contributed by atoms with van der Waals surface area (Å²) in [6.07, 6.45) is 9.65. The van der Waals surface area contributed by atoms with Gasteiger partial charge in [-0.05, 0) is 98.8 Å². The maximum atomic E-state index is 15.8.